The number of nitrogens with one attached hydrogen (secondary N) is 1. The van der Waals surface area contributed by atoms with Gasteiger partial charge in [-0.25, -0.2) is 4.79 Å². The van der Waals surface area contributed by atoms with Crippen LogP contribution in [0.4, 0.5) is 0 Å². The van der Waals surface area contributed by atoms with Crippen molar-refractivity contribution in [2.75, 3.05) is 6.61 Å². The Morgan fingerprint density at radius 3 is 2.79 bits per heavy atom. The Bertz CT molecular complexity index is 1020. The number of rotatable bonds is 5. The van der Waals surface area contributed by atoms with Crippen molar-refractivity contribution >= 4 is 22.8 Å². The van der Waals surface area contributed by atoms with Crippen LogP contribution < -0.4 is 5.32 Å². The molecule has 1 aromatic heterocycles. The van der Waals surface area contributed by atoms with E-state index in [0.717, 1.165) is 54.3 Å². The molecular weight excluding hydrogens is 366 g/mol. The molecule has 0 saturated heterocycles. The van der Waals surface area contributed by atoms with E-state index in [-0.39, 0.29) is 5.92 Å². The molecule has 6 heteroatoms. The topological polar surface area (TPSA) is 92.1 Å². The molecule has 1 amide bonds. The van der Waals surface area contributed by atoms with E-state index in [0.29, 0.717) is 11.5 Å². The summed E-state index contributed by atoms with van der Waals surface area (Å²) in [6.07, 6.45) is 4.51. The molecule has 0 aliphatic heterocycles. The number of para-hydroxylation sites is 1. The molecule has 1 fully saturated rings. The first-order valence-corrected chi connectivity index (χ1v) is 10.2. The number of nitrogens with zero attached hydrogens (tertiary/aromatic N) is 2. The summed E-state index contributed by atoms with van der Waals surface area (Å²) in [5, 5.41) is 12.9. The van der Waals surface area contributed by atoms with Gasteiger partial charge in [-0.05, 0) is 62.5 Å². The van der Waals surface area contributed by atoms with Gasteiger partial charge in [0.15, 0.2) is 6.61 Å². The molecule has 2 aliphatic rings. The maximum absolute atomic E-state index is 13.0. The van der Waals surface area contributed by atoms with E-state index in [1.54, 1.807) is 6.92 Å². The zero-order valence-corrected chi connectivity index (χ0v) is 16.8. The fraction of sp³-hybridized carbons (Fsp3) is 0.478. The van der Waals surface area contributed by atoms with Crippen molar-refractivity contribution in [3.8, 4) is 6.07 Å². The number of fused-ring (bicyclic) bond motifs is 2. The standard InChI is InChI=1S/C23H25N3O3/c1-14-7-10-19-17(11-14)21(16-5-3-4-6-18(16)25-19)22(28)29-12-20(27)26-23(2,13-24)15-8-9-15/h3-6,14-15H,7-12H2,1-2H3,(H,26,27)/t14-,23+/m1/s1. The number of hydrogen-bond donors (Lipinski definition) is 1. The molecule has 1 saturated carbocycles. The predicted molar refractivity (Wildman–Crippen MR) is 108 cm³/mol. The molecule has 1 N–H and O–H groups in total. The van der Waals surface area contributed by atoms with E-state index in [4.69, 9.17) is 9.72 Å². The average molecular weight is 391 g/mol. The highest BCUT2D eigenvalue weighted by Gasteiger charge is 2.43. The molecule has 0 spiro atoms. The molecule has 0 unspecified atom stereocenters. The van der Waals surface area contributed by atoms with E-state index in [1.807, 2.05) is 24.3 Å². The van der Waals surface area contributed by atoms with Crippen LogP contribution in [-0.2, 0) is 22.4 Å². The third-order valence-electron chi connectivity index (χ3n) is 6.07. The second kappa shape index (κ2) is 7.47. The zero-order chi connectivity index (χ0) is 20.6. The number of aromatic nitrogens is 1. The molecule has 2 atom stereocenters. The van der Waals surface area contributed by atoms with Gasteiger partial charge >= 0.3 is 5.97 Å². The van der Waals surface area contributed by atoms with Crippen molar-refractivity contribution in [2.24, 2.45) is 11.8 Å². The van der Waals surface area contributed by atoms with Crippen molar-refractivity contribution in [1.29, 1.82) is 5.26 Å². The van der Waals surface area contributed by atoms with Crippen molar-refractivity contribution < 1.29 is 14.3 Å². The largest absolute Gasteiger partial charge is 0.452 e. The Morgan fingerprint density at radius 1 is 1.31 bits per heavy atom. The molecule has 4 rings (SSSR count). The van der Waals surface area contributed by atoms with Gasteiger partial charge in [-0.2, -0.15) is 5.26 Å². The molecule has 2 aliphatic carbocycles. The second-order valence-electron chi connectivity index (χ2n) is 8.49. The summed E-state index contributed by atoms with van der Waals surface area (Å²) < 4.78 is 5.40. The number of carbonyl (C=O) groups is 2. The van der Waals surface area contributed by atoms with Crippen LogP contribution in [0, 0.1) is 23.2 Å². The Labute approximate surface area is 170 Å². The Morgan fingerprint density at radius 2 is 2.07 bits per heavy atom. The van der Waals surface area contributed by atoms with Crippen LogP contribution >= 0.6 is 0 Å². The van der Waals surface area contributed by atoms with Crippen LogP contribution in [0.5, 0.6) is 0 Å². The fourth-order valence-corrected chi connectivity index (χ4v) is 4.21. The number of esters is 1. The Kier molecular flexibility index (Phi) is 4.99. The van der Waals surface area contributed by atoms with Crippen molar-refractivity contribution in [1.82, 2.24) is 10.3 Å². The summed E-state index contributed by atoms with van der Waals surface area (Å²) in [4.78, 5) is 30.1. The second-order valence-corrected chi connectivity index (χ2v) is 8.49. The first kappa shape index (κ1) is 19.4. The Hall–Kier alpha value is -2.94. The third-order valence-corrected chi connectivity index (χ3v) is 6.07. The normalized spacial score (nSPS) is 20.2. The van der Waals surface area contributed by atoms with E-state index in [1.165, 1.54) is 0 Å². The first-order valence-electron chi connectivity index (χ1n) is 10.2. The minimum atomic E-state index is -0.901. The highest BCUT2D eigenvalue weighted by atomic mass is 16.5. The number of nitriles is 1. The third kappa shape index (κ3) is 3.82. The first-order chi connectivity index (χ1) is 13.9. The lowest BCUT2D eigenvalue weighted by Gasteiger charge is -2.24. The van der Waals surface area contributed by atoms with Crippen LogP contribution in [0.1, 0.15) is 54.7 Å². The van der Waals surface area contributed by atoms with Gasteiger partial charge in [0.1, 0.15) is 5.54 Å². The summed E-state index contributed by atoms with van der Waals surface area (Å²) in [6, 6.07) is 9.72. The summed E-state index contributed by atoms with van der Waals surface area (Å²) in [5.74, 6) is -0.316. The molecule has 150 valence electrons. The summed E-state index contributed by atoms with van der Waals surface area (Å²) >= 11 is 0. The molecular formula is C23H25N3O3. The quantitative estimate of drug-likeness (QED) is 0.790. The summed E-state index contributed by atoms with van der Waals surface area (Å²) in [6.45, 7) is 3.49. The minimum Gasteiger partial charge on any atom is -0.452 e. The molecule has 1 heterocycles. The van der Waals surface area contributed by atoms with Crippen LogP contribution in [0.2, 0.25) is 0 Å². The van der Waals surface area contributed by atoms with Gasteiger partial charge in [0.2, 0.25) is 0 Å². The molecule has 0 radical (unpaired) electrons. The number of carbonyl (C=O) groups excluding carboxylic acids is 2. The maximum atomic E-state index is 13.0. The van der Waals surface area contributed by atoms with Gasteiger partial charge in [-0.15, -0.1) is 0 Å². The minimum absolute atomic E-state index is 0.171. The lowest BCUT2D eigenvalue weighted by atomic mass is 9.84. The van der Waals surface area contributed by atoms with Gasteiger partial charge in [-0.1, -0.05) is 25.1 Å². The molecule has 6 nitrogen and oxygen atoms in total. The number of aryl methyl sites for hydroxylation is 1. The van der Waals surface area contributed by atoms with Crippen LogP contribution in [0.15, 0.2) is 24.3 Å². The lowest BCUT2D eigenvalue weighted by Crippen LogP contribution is -2.48. The van der Waals surface area contributed by atoms with E-state index >= 15 is 0 Å². The molecule has 2 aromatic rings. The van der Waals surface area contributed by atoms with Crippen molar-refractivity contribution in [3.63, 3.8) is 0 Å². The van der Waals surface area contributed by atoms with E-state index in [9.17, 15) is 14.9 Å². The highest BCUT2D eigenvalue weighted by molar-refractivity contribution is 6.05. The van der Waals surface area contributed by atoms with Gasteiger partial charge in [-0.3, -0.25) is 9.78 Å². The van der Waals surface area contributed by atoms with E-state index < -0.39 is 24.0 Å². The van der Waals surface area contributed by atoms with Gasteiger partial charge in [0, 0.05) is 11.1 Å². The SMILES string of the molecule is C[C@@H]1CCc2nc3ccccc3c(C(=O)OCC(=O)N[C@@](C)(C#N)C3CC3)c2C1. The van der Waals surface area contributed by atoms with E-state index in [2.05, 4.69) is 18.3 Å². The molecule has 1 aromatic carbocycles. The lowest BCUT2D eigenvalue weighted by molar-refractivity contribution is -0.125. The highest BCUT2D eigenvalue weighted by Crippen LogP contribution is 2.39. The maximum Gasteiger partial charge on any atom is 0.339 e. The summed E-state index contributed by atoms with van der Waals surface area (Å²) in [7, 11) is 0. The van der Waals surface area contributed by atoms with Crippen molar-refractivity contribution in [3.05, 3.63) is 41.1 Å². The van der Waals surface area contributed by atoms with Crippen LogP contribution in [-0.4, -0.2) is 29.0 Å². The molecule has 0 bridgehead atoms. The monoisotopic (exact) mass is 391 g/mol. The summed E-state index contributed by atoms with van der Waals surface area (Å²) in [5.41, 5.74) is 2.27. The molecule has 29 heavy (non-hydrogen) atoms. The zero-order valence-electron chi connectivity index (χ0n) is 16.8. The number of ether oxygens (including phenoxy) is 1. The smallest absolute Gasteiger partial charge is 0.339 e. The van der Waals surface area contributed by atoms with Gasteiger partial charge in [0.25, 0.3) is 5.91 Å². The van der Waals surface area contributed by atoms with Gasteiger partial charge < -0.3 is 10.1 Å². The fourth-order valence-electron chi connectivity index (χ4n) is 4.21. The van der Waals surface area contributed by atoms with Crippen molar-refractivity contribution in [2.45, 2.75) is 51.5 Å². The number of benzene rings is 1. The number of amides is 1. The van der Waals surface area contributed by atoms with Gasteiger partial charge in [0.05, 0.1) is 17.1 Å². The number of pyridine rings is 1. The Balaban J connectivity index is 1.56. The average Bonchev–Trinajstić information content (AvgIpc) is 3.56. The van der Waals surface area contributed by atoms with Crippen LogP contribution in [0.25, 0.3) is 10.9 Å². The number of hydrogen-bond acceptors (Lipinski definition) is 5. The predicted octanol–water partition coefficient (Wildman–Crippen LogP) is 3.32. The van der Waals surface area contributed by atoms with Crippen LogP contribution in [0.3, 0.4) is 0 Å².